The number of Topliss-reactive ketones (excluding diaryl/α,β-unsaturated/α-hetero) is 1. The normalized spacial score (nSPS) is 19.2. The van der Waals surface area contributed by atoms with Gasteiger partial charge in [-0.25, -0.2) is 0 Å². The molecular formula is C15H20O4. The SMILES string of the molecule is CC(=O)c1cc(OC2CCCCO2)c(C)c(C)c1O. The summed E-state index contributed by atoms with van der Waals surface area (Å²) in [4.78, 5) is 11.5. The summed E-state index contributed by atoms with van der Waals surface area (Å²) in [5.41, 5.74) is 1.82. The summed E-state index contributed by atoms with van der Waals surface area (Å²) in [7, 11) is 0. The molecule has 1 aliphatic rings. The smallest absolute Gasteiger partial charge is 0.199 e. The van der Waals surface area contributed by atoms with Crippen molar-refractivity contribution in [3.63, 3.8) is 0 Å². The number of ketones is 1. The van der Waals surface area contributed by atoms with E-state index in [1.54, 1.807) is 13.0 Å². The van der Waals surface area contributed by atoms with Gasteiger partial charge in [-0.2, -0.15) is 0 Å². The van der Waals surface area contributed by atoms with Crippen LogP contribution in [0.2, 0.25) is 0 Å². The van der Waals surface area contributed by atoms with Gasteiger partial charge in [0.15, 0.2) is 12.1 Å². The van der Waals surface area contributed by atoms with Crippen LogP contribution in [0.5, 0.6) is 11.5 Å². The summed E-state index contributed by atoms with van der Waals surface area (Å²) in [5.74, 6) is 0.490. The fourth-order valence-electron chi connectivity index (χ4n) is 2.21. The predicted octanol–water partition coefficient (Wildman–Crippen LogP) is 3.12. The van der Waals surface area contributed by atoms with Crippen LogP contribution in [0.15, 0.2) is 6.07 Å². The Balaban J connectivity index is 2.31. The van der Waals surface area contributed by atoms with E-state index >= 15 is 0 Å². The van der Waals surface area contributed by atoms with Crippen molar-refractivity contribution >= 4 is 5.78 Å². The molecule has 1 aliphatic heterocycles. The average molecular weight is 264 g/mol. The molecule has 1 unspecified atom stereocenters. The highest BCUT2D eigenvalue weighted by atomic mass is 16.7. The Labute approximate surface area is 113 Å². The molecular weight excluding hydrogens is 244 g/mol. The molecule has 1 aromatic carbocycles. The zero-order chi connectivity index (χ0) is 14.0. The summed E-state index contributed by atoms with van der Waals surface area (Å²) in [6.07, 6.45) is 2.75. The number of ether oxygens (including phenoxy) is 2. The number of hydrogen-bond acceptors (Lipinski definition) is 4. The van der Waals surface area contributed by atoms with Crippen molar-refractivity contribution in [1.82, 2.24) is 0 Å². The highest BCUT2D eigenvalue weighted by molar-refractivity contribution is 5.97. The van der Waals surface area contributed by atoms with Crippen molar-refractivity contribution in [3.05, 3.63) is 22.8 Å². The van der Waals surface area contributed by atoms with E-state index < -0.39 is 0 Å². The Morgan fingerprint density at radius 2 is 2.11 bits per heavy atom. The lowest BCUT2D eigenvalue weighted by Gasteiger charge is -2.25. The van der Waals surface area contributed by atoms with Gasteiger partial charge in [0, 0.05) is 6.42 Å². The van der Waals surface area contributed by atoms with E-state index in [4.69, 9.17) is 9.47 Å². The van der Waals surface area contributed by atoms with Gasteiger partial charge in [0.25, 0.3) is 0 Å². The Hall–Kier alpha value is -1.55. The number of phenols is 1. The molecule has 1 fully saturated rings. The van der Waals surface area contributed by atoms with E-state index in [0.717, 1.165) is 24.8 Å². The van der Waals surface area contributed by atoms with Crippen LogP contribution in [0.25, 0.3) is 0 Å². The van der Waals surface area contributed by atoms with Crippen LogP contribution in [0, 0.1) is 13.8 Å². The second-order valence-corrected chi connectivity index (χ2v) is 4.99. The molecule has 1 heterocycles. The lowest BCUT2D eigenvalue weighted by Crippen LogP contribution is -2.25. The third kappa shape index (κ3) is 2.89. The Morgan fingerprint density at radius 1 is 1.37 bits per heavy atom. The molecule has 4 heteroatoms. The zero-order valence-corrected chi connectivity index (χ0v) is 11.7. The minimum absolute atomic E-state index is 0.0434. The standard InChI is InChI=1S/C15H20O4/c1-9-10(2)15(17)12(11(3)16)8-13(9)19-14-6-4-5-7-18-14/h8,14,17H,4-7H2,1-3H3. The van der Waals surface area contributed by atoms with Gasteiger partial charge in [0.2, 0.25) is 0 Å². The number of carbonyl (C=O) groups excluding carboxylic acids is 1. The number of rotatable bonds is 3. The topological polar surface area (TPSA) is 55.8 Å². The largest absolute Gasteiger partial charge is 0.507 e. The number of hydrogen-bond donors (Lipinski definition) is 1. The van der Waals surface area contributed by atoms with Gasteiger partial charge >= 0.3 is 0 Å². The van der Waals surface area contributed by atoms with Crippen LogP contribution in [-0.2, 0) is 4.74 Å². The van der Waals surface area contributed by atoms with Gasteiger partial charge < -0.3 is 14.6 Å². The van der Waals surface area contributed by atoms with E-state index in [9.17, 15) is 9.90 Å². The molecule has 0 bridgehead atoms. The van der Waals surface area contributed by atoms with Crippen LogP contribution < -0.4 is 4.74 Å². The molecule has 1 atom stereocenters. The third-order valence-electron chi connectivity index (χ3n) is 3.59. The van der Waals surface area contributed by atoms with Gasteiger partial charge in [0.05, 0.1) is 12.2 Å². The van der Waals surface area contributed by atoms with Crippen molar-refractivity contribution in [2.45, 2.75) is 46.3 Å². The molecule has 0 radical (unpaired) electrons. The molecule has 0 amide bonds. The molecule has 2 rings (SSSR count). The Bertz CT molecular complexity index is 487. The summed E-state index contributed by atoms with van der Waals surface area (Å²) < 4.78 is 11.4. The maximum atomic E-state index is 11.5. The maximum absolute atomic E-state index is 11.5. The lowest BCUT2D eigenvalue weighted by molar-refractivity contribution is -0.106. The van der Waals surface area contributed by atoms with E-state index in [-0.39, 0.29) is 17.8 Å². The molecule has 1 saturated heterocycles. The molecule has 0 aromatic heterocycles. The number of benzene rings is 1. The van der Waals surface area contributed by atoms with Gasteiger partial charge in [-0.1, -0.05) is 0 Å². The number of aromatic hydroxyl groups is 1. The fraction of sp³-hybridized carbons (Fsp3) is 0.533. The van der Waals surface area contributed by atoms with Gasteiger partial charge in [-0.3, -0.25) is 4.79 Å². The van der Waals surface area contributed by atoms with Gasteiger partial charge in [-0.05, 0) is 50.8 Å². The molecule has 104 valence electrons. The first-order valence-electron chi connectivity index (χ1n) is 6.63. The second-order valence-electron chi connectivity index (χ2n) is 4.99. The first kappa shape index (κ1) is 13.9. The zero-order valence-electron chi connectivity index (χ0n) is 11.7. The lowest BCUT2D eigenvalue weighted by atomic mass is 10.0. The van der Waals surface area contributed by atoms with E-state index in [1.165, 1.54) is 6.92 Å². The van der Waals surface area contributed by atoms with Crippen LogP contribution >= 0.6 is 0 Å². The summed E-state index contributed by atoms with van der Waals surface area (Å²) in [5, 5.41) is 9.97. The van der Waals surface area contributed by atoms with Crippen molar-refractivity contribution in [1.29, 1.82) is 0 Å². The summed E-state index contributed by atoms with van der Waals surface area (Å²) in [6, 6.07) is 1.61. The van der Waals surface area contributed by atoms with Crippen molar-refractivity contribution < 1.29 is 19.4 Å². The minimum atomic E-state index is -0.254. The average Bonchev–Trinajstić information content (AvgIpc) is 2.40. The predicted molar refractivity (Wildman–Crippen MR) is 71.8 cm³/mol. The molecule has 1 aromatic rings. The van der Waals surface area contributed by atoms with Gasteiger partial charge in [-0.15, -0.1) is 0 Å². The molecule has 0 spiro atoms. The van der Waals surface area contributed by atoms with Gasteiger partial charge in [0.1, 0.15) is 11.5 Å². The first-order valence-corrected chi connectivity index (χ1v) is 6.63. The Kier molecular flexibility index (Phi) is 4.10. The van der Waals surface area contributed by atoms with Crippen LogP contribution in [0.1, 0.15) is 47.7 Å². The molecule has 19 heavy (non-hydrogen) atoms. The van der Waals surface area contributed by atoms with E-state index in [0.29, 0.717) is 23.5 Å². The number of phenolic OH excluding ortho intramolecular Hbond substituents is 1. The monoisotopic (exact) mass is 264 g/mol. The highest BCUT2D eigenvalue weighted by Gasteiger charge is 2.20. The Morgan fingerprint density at radius 3 is 2.68 bits per heavy atom. The number of carbonyl (C=O) groups is 1. The van der Waals surface area contributed by atoms with Crippen LogP contribution in [0.3, 0.4) is 0 Å². The minimum Gasteiger partial charge on any atom is -0.507 e. The van der Waals surface area contributed by atoms with Crippen molar-refractivity contribution in [2.24, 2.45) is 0 Å². The quantitative estimate of drug-likeness (QED) is 0.852. The van der Waals surface area contributed by atoms with Crippen LogP contribution in [0.4, 0.5) is 0 Å². The van der Waals surface area contributed by atoms with Crippen molar-refractivity contribution in [2.75, 3.05) is 6.61 Å². The highest BCUT2D eigenvalue weighted by Crippen LogP contribution is 2.34. The van der Waals surface area contributed by atoms with E-state index in [1.807, 2.05) is 6.92 Å². The summed E-state index contributed by atoms with van der Waals surface area (Å²) >= 11 is 0. The van der Waals surface area contributed by atoms with Crippen molar-refractivity contribution in [3.8, 4) is 11.5 Å². The molecule has 1 N–H and O–H groups in total. The fourth-order valence-corrected chi connectivity index (χ4v) is 2.21. The van der Waals surface area contributed by atoms with Crippen LogP contribution in [-0.4, -0.2) is 23.8 Å². The molecule has 4 nitrogen and oxygen atoms in total. The maximum Gasteiger partial charge on any atom is 0.199 e. The van der Waals surface area contributed by atoms with E-state index in [2.05, 4.69) is 0 Å². The third-order valence-corrected chi connectivity index (χ3v) is 3.59. The first-order chi connectivity index (χ1) is 9.00. The molecule has 0 saturated carbocycles. The molecule has 0 aliphatic carbocycles. The second kappa shape index (κ2) is 5.61. The summed E-state index contributed by atoms with van der Waals surface area (Å²) in [6.45, 7) is 5.80.